The molecular formula is C22H25BrCl2N2O4. The van der Waals surface area contributed by atoms with E-state index in [-0.39, 0.29) is 24.3 Å². The number of hydrogen-bond donors (Lipinski definition) is 2. The van der Waals surface area contributed by atoms with Crippen LogP contribution in [0.1, 0.15) is 39.2 Å². The van der Waals surface area contributed by atoms with Crippen molar-refractivity contribution in [1.82, 2.24) is 10.9 Å². The molecule has 0 heterocycles. The maximum Gasteiger partial charge on any atom is 0.276 e. The molecular weight excluding hydrogens is 507 g/mol. The third-order valence-corrected chi connectivity index (χ3v) is 5.35. The summed E-state index contributed by atoms with van der Waals surface area (Å²) < 4.78 is 11.8. The normalized spacial score (nSPS) is 11.0. The molecule has 9 heteroatoms. The number of hydrazine groups is 1. The van der Waals surface area contributed by atoms with Crippen LogP contribution in [-0.2, 0) is 15.0 Å². The van der Waals surface area contributed by atoms with Gasteiger partial charge in [0.2, 0.25) is 5.91 Å². The molecule has 2 aromatic carbocycles. The fourth-order valence-electron chi connectivity index (χ4n) is 2.47. The van der Waals surface area contributed by atoms with E-state index in [1.807, 2.05) is 18.2 Å². The number of rotatable bonds is 8. The molecule has 0 saturated heterocycles. The van der Waals surface area contributed by atoms with Gasteiger partial charge in [-0.15, -0.1) is 0 Å². The second kappa shape index (κ2) is 11.6. The molecule has 0 fully saturated rings. The van der Waals surface area contributed by atoms with Crippen LogP contribution in [0.2, 0.25) is 10.0 Å². The first-order chi connectivity index (χ1) is 14.6. The predicted molar refractivity (Wildman–Crippen MR) is 126 cm³/mol. The van der Waals surface area contributed by atoms with Crippen LogP contribution in [-0.4, -0.2) is 25.0 Å². The quantitative estimate of drug-likeness (QED) is 0.351. The minimum atomic E-state index is -0.468. The van der Waals surface area contributed by atoms with Crippen molar-refractivity contribution < 1.29 is 19.1 Å². The molecule has 168 valence electrons. The van der Waals surface area contributed by atoms with E-state index in [4.69, 9.17) is 32.7 Å². The van der Waals surface area contributed by atoms with E-state index in [0.29, 0.717) is 34.6 Å². The largest absolute Gasteiger partial charge is 0.492 e. The number of nitrogens with one attached hydrogen (secondary N) is 2. The van der Waals surface area contributed by atoms with Crippen molar-refractivity contribution in [3.63, 3.8) is 0 Å². The third kappa shape index (κ3) is 8.59. The van der Waals surface area contributed by atoms with Gasteiger partial charge in [0.25, 0.3) is 5.91 Å². The molecule has 0 spiro atoms. The smallest absolute Gasteiger partial charge is 0.276 e. The molecule has 0 aliphatic rings. The number of hydrogen-bond acceptors (Lipinski definition) is 4. The molecule has 2 amide bonds. The molecule has 0 radical (unpaired) electrons. The average molecular weight is 532 g/mol. The van der Waals surface area contributed by atoms with Crippen molar-refractivity contribution in [2.75, 3.05) is 13.2 Å². The summed E-state index contributed by atoms with van der Waals surface area (Å²) in [5.41, 5.74) is 5.83. The van der Waals surface area contributed by atoms with Crippen LogP contribution in [0.4, 0.5) is 0 Å². The predicted octanol–water partition coefficient (Wildman–Crippen LogP) is 5.44. The lowest BCUT2D eigenvalue weighted by Gasteiger charge is -2.20. The minimum Gasteiger partial charge on any atom is -0.492 e. The first kappa shape index (κ1) is 25.3. The van der Waals surface area contributed by atoms with E-state index in [1.165, 1.54) is 0 Å². The molecule has 31 heavy (non-hydrogen) atoms. The van der Waals surface area contributed by atoms with Crippen LogP contribution in [0.5, 0.6) is 11.5 Å². The third-order valence-electron chi connectivity index (χ3n) is 4.20. The summed E-state index contributed by atoms with van der Waals surface area (Å²) in [5, 5.41) is 0.926. The van der Waals surface area contributed by atoms with E-state index in [0.717, 1.165) is 10.0 Å². The summed E-state index contributed by atoms with van der Waals surface area (Å²) in [6, 6.07) is 10.7. The number of halogens is 3. The highest BCUT2D eigenvalue weighted by atomic mass is 79.9. The summed E-state index contributed by atoms with van der Waals surface area (Å²) in [7, 11) is 0. The van der Waals surface area contributed by atoms with Crippen LogP contribution in [0.3, 0.4) is 0 Å². The summed E-state index contributed by atoms with van der Waals surface area (Å²) in [6.07, 6.45) is 0.621. The first-order valence-corrected chi connectivity index (χ1v) is 11.2. The van der Waals surface area contributed by atoms with Crippen LogP contribution < -0.4 is 20.3 Å². The van der Waals surface area contributed by atoms with Crippen LogP contribution in [0, 0.1) is 0 Å². The Morgan fingerprint density at radius 3 is 2.29 bits per heavy atom. The Hall–Kier alpha value is -1.96. The highest BCUT2D eigenvalue weighted by Gasteiger charge is 2.16. The number of amides is 2. The lowest BCUT2D eigenvalue weighted by Crippen LogP contribution is -2.43. The summed E-state index contributed by atoms with van der Waals surface area (Å²) in [5.74, 6) is 0.241. The van der Waals surface area contributed by atoms with Gasteiger partial charge in [-0.25, -0.2) is 0 Å². The van der Waals surface area contributed by atoms with E-state index in [1.54, 1.807) is 18.2 Å². The summed E-state index contributed by atoms with van der Waals surface area (Å²) >= 11 is 15.3. The average Bonchev–Trinajstić information content (AvgIpc) is 2.69. The van der Waals surface area contributed by atoms with Gasteiger partial charge in [-0.3, -0.25) is 20.4 Å². The van der Waals surface area contributed by atoms with Gasteiger partial charge in [0.1, 0.15) is 11.5 Å². The molecule has 2 aromatic rings. The molecule has 0 atom stereocenters. The van der Waals surface area contributed by atoms with Gasteiger partial charge in [0.15, 0.2) is 6.61 Å². The first-order valence-electron chi connectivity index (χ1n) is 9.64. The molecule has 0 aliphatic heterocycles. The number of benzene rings is 2. The molecule has 0 aromatic heterocycles. The van der Waals surface area contributed by atoms with Gasteiger partial charge >= 0.3 is 0 Å². The second-order valence-corrected chi connectivity index (χ2v) is 9.50. The molecule has 0 saturated carbocycles. The lowest BCUT2D eigenvalue weighted by molar-refractivity contribution is -0.130. The van der Waals surface area contributed by atoms with Crippen molar-refractivity contribution in [2.45, 2.75) is 39.0 Å². The Bertz CT molecular complexity index is 932. The van der Waals surface area contributed by atoms with Crippen molar-refractivity contribution in [2.24, 2.45) is 0 Å². The monoisotopic (exact) mass is 530 g/mol. The highest BCUT2D eigenvalue weighted by Crippen LogP contribution is 2.31. The number of carbonyl (C=O) groups is 2. The standard InChI is InChI=1S/C22H25BrCl2N2O4/c1-22(2,3)14-6-8-18(16(23)11-14)31-13-21(29)27-26-20(28)5-4-10-30-19-9-7-15(24)12-17(19)25/h6-9,11-12H,4-5,10,13H2,1-3H3,(H,26,28)(H,27,29). The van der Waals surface area contributed by atoms with Crippen LogP contribution in [0.15, 0.2) is 40.9 Å². The van der Waals surface area contributed by atoms with Gasteiger partial charge in [-0.05, 0) is 63.7 Å². The molecule has 0 aliphatic carbocycles. The van der Waals surface area contributed by atoms with Crippen molar-refractivity contribution in [3.05, 3.63) is 56.5 Å². The zero-order valence-corrected chi connectivity index (χ0v) is 20.7. The van der Waals surface area contributed by atoms with E-state index < -0.39 is 5.91 Å². The Balaban J connectivity index is 1.66. The Kier molecular flexibility index (Phi) is 9.47. The van der Waals surface area contributed by atoms with Crippen molar-refractivity contribution in [3.8, 4) is 11.5 Å². The van der Waals surface area contributed by atoms with Crippen molar-refractivity contribution in [1.29, 1.82) is 0 Å². The SMILES string of the molecule is CC(C)(C)c1ccc(OCC(=O)NNC(=O)CCCOc2ccc(Cl)cc2Cl)c(Br)c1. The molecule has 2 N–H and O–H groups in total. The van der Waals surface area contributed by atoms with E-state index >= 15 is 0 Å². The van der Waals surface area contributed by atoms with Crippen LogP contribution in [0.25, 0.3) is 0 Å². The fraction of sp³-hybridized carbons (Fsp3) is 0.364. The number of carbonyl (C=O) groups excluding carboxylic acids is 2. The Morgan fingerprint density at radius 2 is 1.65 bits per heavy atom. The second-order valence-electron chi connectivity index (χ2n) is 7.81. The van der Waals surface area contributed by atoms with Crippen LogP contribution >= 0.6 is 39.1 Å². The maximum absolute atomic E-state index is 11.9. The van der Waals surface area contributed by atoms with E-state index in [9.17, 15) is 9.59 Å². The summed E-state index contributed by atoms with van der Waals surface area (Å²) in [4.78, 5) is 23.8. The van der Waals surface area contributed by atoms with Gasteiger partial charge < -0.3 is 9.47 Å². The molecule has 2 rings (SSSR count). The minimum absolute atomic E-state index is 0.00875. The molecule has 0 unspecified atom stereocenters. The van der Waals surface area contributed by atoms with Gasteiger partial charge in [-0.2, -0.15) is 0 Å². The van der Waals surface area contributed by atoms with Gasteiger partial charge in [0, 0.05) is 11.4 Å². The maximum atomic E-state index is 11.9. The topological polar surface area (TPSA) is 76.7 Å². The fourth-order valence-corrected chi connectivity index (χ4v) is 3.43. The Morgan fingerprint density at radius 1 is 0.968 bits per heavy atom. The highest BCUT2D eigenvalue weighted by molar-refractivity contribution is 9.10. The molecule has 0 bridgehead atoms. The zero-order valence-electron chi connectivity index (χ0n) is 17.6. The van der Waals surface area contributed by atoms with Gasteiger partial charge in [0.05, 0.1) is 16.1 Å². The number of ether oxygens (including phenoxy) is 2. The summed E-state index contributed by atoms with van der Waals surface area (Å²) in [6.45, 7) is 6.41. The lowest BCUT2D eigenvalue weighted by atomic mass is 9.87. The van der Waals surface area contributed by atoms with Gasteiger partial charge in [-0.1, -0.05) is 50.0 Å². The van der Waals surface area contributed by atoms with E-state index in [2.05, 4.69) is 47.6 Å². The molecule has 6 nitrogen and oxygen atoms in total. The zero-order chi connectivity index (χ0) is 23.0. The Labute approximate surface area is 200 Å². The van der Waals surface area contributed by atoms with Crippen molar-refractivity contribution >= 4 is 50.9 Å².